The van der Waals surface area contributed by atoms with E-state index in [4.69, 9.17) is 9.83 Å². The van der Waals surface area contributed by atoms with Crippen molar-refractivity contribution in [2.24, 2.45) is 0 Å². The molecule has 0 aliphatic carbocycles. The highest BCUT2D eigenvalue weighted by Gasteiger charge is 2.49. The number of pyridine rings is 1. The molecule has 1 N–H and O–H groups in total. The summed E-state index contributed by atoms with van der Waals surface area (Å²) in [5, 5.41) is 11.1. The first-order chi connectivity index (χ1) is 16.5. The number of alkyl halides is 3. The third kappa shape index (κ3) is 3.93. The Bertz CT molecular complexity index is 1470. The molecule has 1 amide bonds. The van der Waals surface area contributed by atoms with Gasteiger partial charge in [0, 0.05) is 45.8 Å². The van der Waals surface area contributed by atoms with Crippen LogP contribution in [0.1, 0.15) is 41.0 Å². The van der Waals surface area contributed by atoms with Crippen LogP contribution in [-0.4, -0.2) is 28.7 Å². The van der Waals surface area contributed by atoms with Crippen LogP contribution < -0.4 is 0 Å². The number of hydrogen-bond donors (Lipinski definition) is 1. The fourth-order valence-electron chi connectivity index (χ4n) is 4.82. The lowest BCUT2D eigenvalue weighted by molar-refractivity contribution is -0.137. The maximum Gasteiger partial charge on any atom is 0.416 e. The summed E-state index contributed by atoms with van der Waals surface area (Å²) in [5.74, 6) is -0.584. The normalized spacial score (nSPS) is 21.2. The maximum absolute atomic E-state index is 13.5. The number of thiophene rings is 1. The van der Waals surface area contributed by atoms with Crippen LogP contribution in [0.4, 0.5) is 13.2 Å². The van der Waals surface area contributed by atoms with Crippen LogP contribution in [0.15, 0.2) is 58.5 Å². The molecule has 0 radical (unpaired) electrons. The number of nitrogens with zero attached hydrogens (tertiary/aromatic N) is 2. The number of aromatic nitrogens is 1. The summed E-state index contributed by atoms with van der Waals surface area (Å²) in [5.41, 5.74) is 1.06. The summed E-state index contributed by atoms with van der Waals surface area (Å²) in [4.78, 5) is 20.0. The quantitative estimate of drug-likeness (QED) is 0.340. The Labute approximate surface area is 203 Å². The van der Waals surface area contributed by atoms with Crippen LogP contribution in [0.2, 0.25) is 0 Å². The van der Waals surface area contributed by atoms with Gasteiger partial charge in [0.1, 0.15) is 11.4 Å². The van der Waals surface area contributed by atoms with Crippen LogP contribution in [0.3, 0.4) is 0 Å². The van der Waals surface area contributed by atoms with Gasteiger partial charge in [-0.05, 0) is 48.9 Å². The van der Waals surface area contributed by atoms with E-state index in [1.165, 1.54) is 23.2 Å². The number of halogens is 3. The number of furan rings is 1. The summed E-state index contributed by atoms with van der Waals surface area (Å²) in [6, 6.07) is 11.3. The lowest BCUT2D eigenvalue weighted by Crippen LogP contribution is -2.51. The van der Waals surface area contributed by atoms with Crippen molar-refractivity contribution in [2.75, 3.05) is 7.05 Å². The van der Waals surface area contributed by atoms with Crippen LogP contribution >= 0.6 is 11.3 Å². The molecule has 0 unspecified atom stereocenters. The second-order valence-corrected chi connectivity index (χ2v) is 10.1. The predicted molar refractivity (Wildman–Crippen MR) is 129 cm³/mol. The zero-order chi connectivity index (χ0) is 25.1. The van der Waals surface area contributed by atoms with E-state index >= 15 is 0 Å². The SMILES string of the molecule is Cc1cc(C(F)(F)F)cc(-c2csc([C@@]3(C)CC(=N)N(C)C(=O)[C@@H]3c3ccc4occc4c3)c2)n1. The van der Waals surface area contributed by atoms with Gasteiger partial charge in [-0.15, -0.1) is 11.3 Å². The molecule has 4 heterocycles. The Morgan fingerprint density at radius 1 is 1.20 bits per heavy atom. The predicted octanol–water partition coefficient (Wildman–Crippen LogP) is 6.76. The first-order valence-electron chi connectivity index (χ1n) is 10.9. The van der Waals surface area contributed by atoms with Gasteiger partial charge in [0.15, 0.2) is 0 Å². The van der Waals surface area contributed by atoms with Crippen molar-refractivity contribution in [1.29, 1.82) is 5.41 Å². The number of carbonyl (C=O) groups excluding carboxylic acids is 1. The van der Waals surface area contributed by atoms with Gasteiger partial charge in [0.05, 0.1) is 23.4 Å². The van der Waals surface area contributed by atoms with E-state index in [0.717, 1.165) is 28.0 Å². The zero-order valence-electron chi connectivity index (χ0n) is 19.2. The topological polar surface area (TPSA) is 70.2 Å². The summed E-state index contributed by atoms with van der Waals surface area (Å²) in [7, 11) is 1.60. The zero-order valence-corrected chi connectivity index (χ0v) is 20.1. The van der Waals surface area contributed by atoms with E-state index in [1.807, 2.05) is 37.3 Å². The number of nitrogens with one attached hydrogen (secondary N) is 1. The molecule has 5 rings (SSSR count). The molecule has 1 aliphatic heterocycles. The van der Waals surface area contributed by atoms with Crippen LogP contribution in [-0.2, 0) is 16.4 Å². The van der Waals surface area contributed by atoms with Gasteiger partial charge < -0.3 is 9.32 Å². The smallest absolute Gasteiger partial charge is 0.416 e. The molecule has 35 heavy (non-hydrogen) atoms. The molecular weight excluding hydrogens is 475 g/mol. The Morgan fingerprint density at radius 2 is 1.97 bits per heavy atom. The summed E-state index contributed by atoms with van der Waals surface area (Å²) in [6.45, 7) is 3.48. The van der Waals surface area contributed by atoms with Crippen molar-refractivity contribution in [3.63, 3.8) is 0 Å². The fourth-order valence-corrected chi connectivity index (χ4v) is 5.92. The minimum Gasteiger partial charge on any atom is -0.464 e. The molecule has 1 fully saturated rings. The van der Waals surface area contributed by atoms with Gasteiger partial charge in [-0.1, -0.05) is 13.0 Å². The van der Waals surface area contributed by atoms with E-state index in [-0.39, 0.29) is 23.1 Å². The third-order valence-corrected chi connectivity index (χ3v) is 7.91. The number of amides is 1. The summed E-state index contributed by atoms with van der Waals surface area (Å²) >= 11 is 1.37. The Hall–Kier alpha value is -3.46. The molecule has 3 aromatic heterocycles. The van der Waals surface area contributed by atoms with E-state index in [1.54, 1.807) is 18.7 Å². The molecule has 0 spiro atoms. The number of aryl methyl sites for hydroxylation is 1. The van der Waals surface area contributed by atoms with Crippen LogP contribution in [0.5, 0.6) is 0 Å². The van der Waals surface area contributed by atoms with E-state index in [2.05, 4.69) is 4.98 Å². The standard InChI is InChI=1S/C26H22F3N3O2S/c1-14-8-18(26(27,28)29)11-19(31-14)17-10-21(35-13-17)25(2)12-22(30)32(3)24(33)23(25)16-4-5-20-15(9-16)6-7-34-20/h4-11,13,23,30H,12H2,1-3H3/t23-,25+/m0/s1. The Balaban J connectivity index is 1.61. The van der Waals surface area contributed by atoms with Crippen molar-refractivity contribution in [2.45, 2.75) is 37.8 Å². The average molecular weight is 498 g/mol. The lowest BCUT2D eigenvalue weighted by Gasteiger charge is -2.44. The molecule has 9 heteroatoms. The number of likely N-dealkylation sites (tertiary alicyclic amines) is 1. The maximum atomic E-state index is 13.5. The number of rotatable bonds is 3. The number of carbonyl (C=O) groups is 1. The van der Waals surface area contributed by atoms with Gasteiger partial charge in [-0.2, -0.15) is 13.2 Å². The number of amidine groups is 1. The summed E-state index contributed by atoms with van der Waals surface area (Å²) in [6.07, 6.45) is -2.58. The van der Waals surface area contributed by atoms with Gasteiger partial charge in [-0.3, -0.25) is 15.2 Å². The van der Waals surface area contributed by atoms with Crippen molar-refractivity contribution in [3.8, 4) is 11.3 Å². The molecule has 1 aromatic carbocycles. The summed E-state index contributed by atoms with van der Waals surface area (Å²) < 4.78 is 45.6. The Kier molecular flexibility index (Phi) is 5.36. The molecule has 5 nitrogen and oxygen atoms in total. The molecule has 4 aromatic rings. The van der Waals surface area contributed by atoms with E-state index in [0.29, 0.717) is 17.6 Å². The second kappa shape index (κ2) is 8.05. The van der Waals surface area contributed by atoms with Gasteiger partial charge in [-0.25, -0.2) is 0 Å². The minimum atomic E-state index is -4.47. The third-order valence-electron chi connectivity index (χ3n) is 6.70. The largest absolute Gasteiger partial charge is 0.464 e. The van der Waals surface area contributed by atoms with Crippen molar-refractivity contribution in [3.05, 3.63) is 75.8 Å². The number of likely N-dealkylation sites (N-methyl/N-ethyl adjacent to an activating group) is 1. The molecule has 2 atom stereocenters. The molecule has 0 bridgehead atoms. The lowest BCUT2D eigenvalue weighted by atomic mass is 9.67. The van der Waals surface area contributed by atoms with E-state index < -0.39 is 23.1 Å². The fraction of sp³-hybridized carbons (Fsp3) is 0.269. The number of benzene rings is 1. The monoisotopic (exact) mass is 497 g/mol. The number of hydrogen-bond acceptors (Lipinski definition) is 5. The van der Waals surface area contributed by atoms with Gasteiger partial charge in [0.2, 0.25) is 5.91 Å². The highest BCUT2D eigenvalue weighted by Crippen LogP contribution is 2.49. The van der Waals surface area contributed by atoms with E-state index in [9.17, 15) is 18.0 Å². The van der Waals surface area contributed by atoms with Gasteiger partial charge >= 0.3 is 6.18 Å². The Morgan fingerprint density at radius 3 is 2.71 bits per heavy atom. The first-order valence-corrected chi connectivity index (χ1v) is 11.8. The van der Waals surface area contributed by atoms with Crippen molar-refractivity contribution in [1.82, 2.24) is 9.88 Å². The average Bonchev–Trinajstić information content (AvgIpc) is 3.46. The molecule has 0 saturated carbocycles. The highest BCUT2D eigenvalue weighted by atomic mass is 32.1. The molecular formula is C26H22F3N3O2S. The van der Waals surface area contributed by atoms with Crippen molar-refractivity contribution < 1.29 is 22.4 Å². The molecule has 1 aliphatic rings. The number of piperidine rings is 1. The van der Waals surface area contributed by atoms with Gasteiger partial charge in [0.25, 0.3) is 0 Å². The van der Waals surface area contributed by atoms with Crippen molar-refractivity contribution >= 4 is 34.0 Å². The first kappa shape index (κ1) is 23.3. The van der Waals surface area contributed by atoms with Crippen LogP contribution in [0.25, 0.3) is 22.2 Å². The second-order valence-electron chi connectivity index (χ2n) is 9.17. The van der Waals surface area contributed by atoms with Crippen LogP contribution in [0, 0.1) is 12.3 Å². The number of fused-ring (bicyclic) bond motifs is 1. The minimum absolute atomic E-state index is 0.195. The molecule has 1 saturated heterocycles. The molecule has 180 valence electrons. The highest BCUT2D eigenvalue weighted by molar-refractivity contribution is 7.10.